The highest BCUT2D eigenvalue weighted by Gasteiger charge is 2.28. The van der Waals surface area contributed by atoms with E-state index in [0.29, 0.717) is 23.1 Å². The smallest absolute Gasteiger partial charge is 0.261 e. The summed E-state index contributed by atoms with van der Waals surface area (Å²) in [5.74, 6) is 0.704. The van der Waals surface area contributed by atoms with Crippen LogP contribution in [0.2, 0.25) is 0 Å². The molecule has 4 rings (SSSR count). The summed E-state index contributed by atoms with van der Waals surface area (Å²) in [7, 11) is 1.48. The van der Waals surface area contributed by atoms with Gasteiger partial charge in [0.05, 0.1) is 13.2 Å². The molecule has 0 spiro atoms. The maximum atomic E-state index is 12.5. The van der Waals surface area contributed by atoms with Crippen LogP contribution in [0, 0.1) is 0 Å². The first kappa shape index (κ1) is 15.3. The Labute approximate surface area is 143 Å². The predicted octanol–water partition coefficient (Wildman–Crippen LogP) is 2.33. The van der Waals surface area contributed by atoms with Gasteiger partial charge in [-0.15, -0.1) is 5.10 Å². The highest BCUT2D eigenvalue weighted by Crippen LogP contribution is 2.36. The number of hydrogen-bond donors (Lipinski definition) is 1. The number of amides is 1. The van der Waals surface area contributed by atoms with Crippen molar-refractivity contribution in [2.45, 2.75) is 18.9 Å². The Morgan fingerprint density at radius 2 is 2.16 bits per heavy atom. The summed E-state index contributed by atoms with van der Waals surface area (Å²) < 4.78 is 6.97. The largest absolute Gasteiger partial charge is 0.480 e. The summed E-state index contributed by atoms with van der Waals surface area (Å²) in [6.07, 6.45) is 3.76. The van der Waals surface area contributed by atoms with E-state index in [2.05, 4.69) is 25.8 Å². The molecule has 8 nitrogen and oxygen atoms in total. The molecule has 1 aromatic carbocycles. The number of pyridine rings is 1. The molecule has 3 aromatic rings. The van der Waals surface area contributed by atoms with Gasteiger partial charge in [-0.05, 0) is 47.5 Å². The maximum Gasteiger partial charge on any atom is 0.261 e. The van der Waals surface area contributed by atoms with E-state index < -0.39 is 0 Å². The molecule has 2 heterocycles. The lowest BCUT2D eigenvalue weighted by molar-refractivity contribution is 0.102. The predicted molar refractivity (Wildman–Crippen MR) is 90.3 cm³/mol. The second-order valence-electron chi connectivity index (χ2n) is 5.77. The van der Waals surface area contributed by atoms with Gasteiger partial charge in [0, 0.05) is 17.4 Å². The molecule has 2 aromatic heterocycles. The van der Waals surface area contributed by atoms with Gasteiger partial charge in [-0.1, -0.05) is 12.1 Å². The van der Waals surface area contributed by atoms with E-state index in [9.17, 15) is 4.79 Å². The molecule has 1 N–H and O–H groups in total. The average Bonchev–Trinajstić information content (AvgIpc) is 3.38. The number of carbonyl (C=O) groups excluding carboxylic acids is 1. The summed E-state index contributed by atoms with van der Waals surface area (Å²) >= 11 is 0. The molecule has 1 fully saturated rings. The van der Waals surface area contributed by atoms with Gasteiger partial charge in [0.2, 0.25) is 5.88 Å². The number of methoxy groups -OCH3 is 1. The molecule has 0 bridgehead atoms. The Morgan fingerprint density at radius 3 is 2.96 bits per heavy atom. The molecule has 1 saturated carbocycles. The Hall–Kier alpha value is -3.29. The fraction of sp³-hybridized carbons (Fsp3) is 0.235. The van der Waals surface area contributed by atoms with E-state index in [4.69, 9.17) is 4.74 Å². The number of rotatable bonds is 5. The standard InChI is InChI=1S/C17H16N6O2/c1-25-17-14(6-3-9-18-17)16(24)19-12-5-2-4-11(10-12)15-20-21-22-23(15)13-7-8-13/h2-6,9-10,13H,7-8H2,1H3,(H,19,24). The van der Waals surface area contributed by atoms with Crippen LogP contribution in [0.5, 0.6) is 5.88 Å². The second kappa shape index (κ2) is 6.31. The topological polar surface area (TPSA) is 94.8 Å². The van der Waals surface area contributed by atoms with Gasteiger partial charge in [0.15, 0.2) is 5.82 Å². The minimum atomic E-state index is -0.288. The molecule has 0 aliphatic heterocycles. The normalized spacial score (nSPS) is 13.5. The zero-order chi connectivity index (χ0) is 17.2. The summed E-state index contributed by atoms with van der Waals surface area (Å²) in [5.41, 5.74) is 1.88. The average molecular weight is 336 g/mol. The van der Waals surface area contributed by atoms with E-state index in [0.717, 1.165) is 18.4 Å². The summed E-state index contributed by atoms with van der Waals surface area (Å²) in [4.78, 5) is 16.5. The first-order valence-corrected chi connectivity index (χ1v) is 7.95. The highest BCUT2D eigenvalue weighted by molar-refractivity contribution is 6.06. The first-order valence-electron chi connectivity index (χ1n) is 7.95. The number of aromatic nitrogens is 5. The third-order valence-corrected chi connectivity index (χ3v) is 3.97. The van der Waals surface area contributed by atoms with Crippen molar-refractivity contribution in [3.8, 4) is 17.3 Å². The molecule has 126 valence electrons. The van der Waals surface area contributed by atoms with Gasteiger partial charge in [0.1, 0.15) is 5.56 Å². The van der Waals surface area contributed by atoms with Crippen LogP contribution >= 0.6 is 0 Å². The van der Waals surface area contributed by atoms with E-state index >= 15 is 0 Å². The lowest BCUT2D eigenvalue weighted by Gasteiger charge is -2.09. The molecule has 1 amide bonds. The fourth-order valence-corrected chi connectivity index (χ4v) is 2.61. The number of benzene rings is 1. The highest BCUT2D eigenvalue weighted by atomic mass is 16.5. The van der Waals surface area contributed by atoms with Gasteiger partial charge >= 0.3 is 0 Å². The summed E-state index contributed by atoms with van der Waals surface area (Å²) in [6.45, 7) is 0. The van der Waals surface area contributed by atoms with Gasteiger partial charge in [0.25, 0.3) is 5.91 Å². The Balaban J connectivity index is 1.59. The molecule has 8 heteroatoms. The number of tetrazole rings is 1. The van der Waals surface area contributed by atoms with Crippen molar-refractivity contribution in [2.24, 2.45) is 0 Å². The van der Waals surface area contributed by atoms with Crippen LogP contribution in [0.15, 0.2) is 42.6 Å². The summed E-state index contributed by atoms with van der Waals surface area (Å²) in [6, 6.07) is 11.2. The van der Waals surface area contributed by atoms with E-state index in [1.807, 2.05) is 28.9 Å². The van der Waals surface area contributed by atoms with Crippen LogP contribution < -0.4 is 10.1 Å². The quantitative estimate of drug-likeness (QED) is 0.768. The number of hydrogen-bond acceptors (Lipinski definition) is 6. The monoisotopic (exact) mass is 336 g/mol. The van der Waals surface area contributed by atoms with Crippen LogP contribution in [0.4, 0.5) is 5.69 Å². The molecule has 1 aliphatic rings. The first-order chi connectivity index (χ1) is 12.3. The van der Waals surface area contributed by atoms with Gasteiger partial charge in [-0.3, -0.25) is 4.79 Å². The van der Waals surface area contributed by atoms with Gasteiger partial charge in [-0.2, -0.15) is 0 Å². The Morgan fingerprint density at radius 1 is 1.28 bits per heavy atom. The molecule has 0 atom stereocenters. The van der Waals surface area contributed by atoms with E-state index in [1.165, 1.54) is 7.11 Å². The van der Waals surface area contributed by atoms with Gasteiger partial charge < -0.3 is 10.1 Å². The van der Waals surface area contributed by atoms with Crippen molar-refractivity contribution in [1.29, 1.82) is 0 Å². The third-order valence-electron chi connectivity index (χ3n) is 3.97. The molecule has 1 aliphatic carbocycles. The van der Waals surface area contributed by atoms with Crippen LogP contribution in [-0.4, -0.2) is 38.2 Å². The molecular formula is C17H16N6O2. The molecule has 25 heavy (non-hydrogen) atoms. The van der Waals surface area contributed by atoms with E-state index in [-0.39, 0.29) is 11.8 Å². The second-order valence-corrected chi connectivity index (χ2v) is 5.77. The zero-order valence-corrected chi connectivity index (χ0v) is 13.6. The Bertz CT molecular complexity index is 919. The molecule has 0 saturated heterocycles. The third kappa shape index (κ3) is 3.06. The molecule has 0 unspecified atom stereocenters. The van der Waals surface area contributed by atoms with Crippen molar-refractivity contribution in [3.63, 3.8) is 0 Å². The number of ether oxygens (including phenoxy) is 1. The minimum Gasteiger partial charge on any atom is -0.480 e. The van der Waals surface area contributed by atoms with Gasteiger partial charge in [-0.25, -0.2) is 9.67 Å². The number of nitrogens with one attached hydrogen (secondary N) is 1. The Kier molecular flexibility index (Phi) is 3.85. The van der Waals surface area contributed by atoms with Crippen LogP contribution in [0.3, 0.4) is 0 Å². The molecule has 0 radical (unpaired) electrons. The number of anilines is 1. The fourth-order valence-electron chi connectivity index (χ4n) is 2.61. The van der Waals surface area contributed by atoms with Crippen molar-refractivity contribution >= 4 is 11.6 Å². The number of carbonyl (C=O) groups is 1. The number of nitrogens with zero attached hydrogens (tertiary/aromatic N) is 5. The van der Waals surface area contributed by atoms with Crippen LogP contribution in [0.25, 0.3) is 11.4 Å². The van der Waals surface area contributed by atoms with Crippen LogP contribution in [0.1, 0.15) is 29.2 Å². The van der Waals surface area contributed by atoms with Crippen LogP contribution in [-0.2, 0) is 0 Å². The SMILES string of the molecule is COc1ncccc1C(=O)Nc1cccc(-c2nnnn2C2CC2)c1. The van der Waals surface area contributed by atoms with E-state index in [1.54, 1.807) is 18.3 Å². The minimum absolute atomic E-state index is 0.286. The van der Waals surface area contributed by atoms with Crippen molar-refractivity contribution < 1.29 is 9.53 Å². The zero-order valence-electron chi connectivity index (χ0n) is 13.6. The maximum absolute atomic E-state index is 12.5. The lowest BCUT2D eigenvalue weighted by atomic mass is 10.1. The summed E-state index contributed by atoms with van der Waals surface area (Å²) in [5, 5.41) is 14.8. The van der Waals surface area contributed by atoms with Crippen molar-refractivity contribution in [2.75, 3.05) is 12.4 Å². The lowest BCUT2D eigenvalue weighted by Crippen LogP contribution is -2.13. The molecular weight excluding hydrogens is 320 g/mol. The van der Waals surface area contributed by atoms with Crippen molar-refractivity contribution in [1.82, 2.24) is 25.2 Å². The van der Waals surface area contributed by atoms with Crippen molar-refractivity contribution in [3.05, 3.63) is 48.2 Å².